The molecule has 0 aromatic heterocycles. The van der Waals surface area contributed by atoms with Crippen LogP contribution in [0.25, 0.3) is 0 Å². The number of hydrogen-bond acceptors (Lipinski definition) is 12. The van der Waals surface area contributed by atoms with E-state index in [2.05, 4.69) is 0 Å². The first-order chi connectivity index (χ1) is 16.5. The molecule has 8 unspecified atom stereocenters. The summed E-state index contributed by atoms with van der Waals surface area (Å²) in [6.07, 6.45) is -3.53. The molecule has 0 aromatic rings. The third kappa shape index (κ3) is 72.3. The monoisotopic (exact) mass is 584 g/mol. The van der Waals surface area contributed by atoms with Gasteiger partial charge < -0.3 is 59.8 Å². The molecule has 13 heteroatoms. The first-order valence-electron chi connectivity index (χ1n) is 12.3. The minimum absolute atomic E-state index is 0. The Kier molecular flexibility index (Phi) is 43.6. The van der Waals surface area contributed by atoms with Crippen molar-refractivity contribution >= 4 is 0 Å². The maximum absolute atomic E-state index is 8.66. The smallest absolute Gasteiger partial charge is 0.0745 e. The maximum Gasteiger partial charge on any atom is 0.0745 e. The maximum atomic E-state index is 8.66. The molecule has 8 atom stereocenters. The molecule has 0 aliphatic rings. The standard InChI is InChI=1S/4C6H14O3.Ti/c4*1-5(7)3-9-4-6(2)8;/h4*5-8H,3-4H2,1-2H3;. The van der Waals surface area contributed by atoms with Crippen LogP contribution in [0.4, 0.5) is 0 Å². The van der Waals surface area contributed by atoms with Gasteiger partial charge in [0, 0.05) is 21.7 Å². The molecule has 0 aliphatic carbocycles. The third-order valence-electron chi connectivity index (χ3n) is 2.87. The number of aliphatic hydroxyl groups excluding tert-OH is 8. The Morgan fingerprint density at radius 3 is 0.432 bits per heavy atom. The van der Waals surface area contributed by atoms with E-state index in [1.165, 1.54) is 0 Å². The molecule has 0 heterocycles. The number of hydrogen-bond donors (Lipinski definition) is 8. The fraction of sp³-hybridized carbons (Fsp3) is 1.00. The van der Waals surface area contributed by atoms with Crippen molar-refractivity contribution in [3.05, 3.63) is 0 Å². The van der Waals surface area contributed by atoms with Gasteiger partial charge in [0.05, 0.1) is 102 Å². The number of aliphatic hydroxyl groups is 8. The van der Waals surface area contributed by atoms with E-state index in [0.29, 0.717) is 52.9 Å². The average Bonchev–Trinajstić information content (AvgIpc) is 2.67. The molecule has 0 spiro atoms. The average molecular weight is 585 g/mol. The van der Waals surface area contributed by atoms with Gasteiger partial charge in [-0.1, -0.05) is 0 Å². The molecule has 0 aromatic carbocycles. The van der Waals surface area contributed by atoms with E-state index >= 15 is 0 Å². The van der Waals surface area contributed by atoms with Crippen LogP contribution in [0, 0.1) is 0 Å². The minimum atomic E-state index is -0.441. The van der Waals surface area contributed by atoms with Crippen molar-refractivity contribution in [1.29, 1.82) is 0 Å². The summed E-state index contributed by atoms with van der Waals surface area (Å²) in [5.41, 5.74) is 0. The summed E-state index contributed by atoms with van der Waals surface area (Å²) in [4.78, 5) is 0. The zero-order valence-electron chi connectivity index (χ0n) is 24.0. The van der Waals surface area contributed by atoms with Crippen molar-refractivity contribution in [3.8, 4) is 0 Å². The van der Waals surface area contributed by atoms with E-state index in [0.717, 1.165) is 0 Å². The van der Waals surface area contributed by atoms with E-state index in [9.17, 15) is 0 Å². The molecule has 0 amide bonds. The van der Waals surface area contributed by atoms with Crippen LogP contribution in [0.2, 0.25) is 0 Å². The molecular weight excluding hydrogens is 528 g/mol. The van der Waals surface area contributed by atoms with Crippen LogP contribution < -0.4 is 0 Å². The second-order valence-electron chi connectivity index (χ2n) is 8.94. The topological polar surface area (TPSA) is 199 Å². The molecule has 0 fully saturated rings. The summed E-state index contributed by atoms with van der Waals surface area (Å²) in [5.74, 6) is 0. The Hall–Kier alpha value is 0.234. The Labute approximate surface area is 238 Å². The Bertz CT molecular complexity index is 292. The van der Waals surface area contributed by atoms with Crippen molar-refractivity contribution in [3.63, 3.8) is 0 Å². The zero-order valence-corrected chi connectivity index (χ0v) is 25.5. The van der Waals surface area contributed by atoms with Crippen LogP contribution in [0.5, 0.6) is 0 Å². The molecular formula is C24H56O12Ti. The van der Waals surface area contributed by atoms with Crippen LogP contribution in [0.3, 0.4) is 0 Å². The fourth-order valence-corrected chi connectivity index (χ4v) is 1.64. The van der Waals surface area contributed by atoms with Gasteiger partial charge in [-0.25, -0.2) is 0 Å². The SMILES string of the molecule is CC(O)COCC(C)O.CC(O)COCC(C)O.CC(O)COCC(C)O.CC(O)COCC(C)O.[Ti]. The van der Waals surface area contributed by atoms with E-state index in [1.54, 1.807) is 55.4 Å². The Morgan fingerprint density at radius 1 is 0.297 bits per heavy atom. The van der Waals surface area contributed by atoms with E-state index < -0.39 is 48.8 Å². The second kappa shape index (κ2) is 34.3. The molecule has 0 aliphatic heterocycles. The molecule has 0 bridgehead atoms. The number of ether oxygens (including phenoxy) is 4. The van der Waals surface area contributed by atoms with E-state index in [-0.39, 0.29) is 21.7 Å². The van der Waals surface area contributed by atoms with Gasteiger partial charge >= 0.3 is 0 Å². The van der Waals surface area contributed by atoms with Crippen molar-refractivity contribution in [2.24, 2.45) is 0 Å². The predicted octanol–water partition coefficient (Wildman–Crippen LogP) is -0.944. The van der Waals surface area contributed by atoms with Gasteiger partial charge in [0.25, 0.3) is 0 Å². The summed E-state index contributed by atoms with van der Waals surface area (Å²) in [6.45, 7) is 15.5. The van der Waals surface area contributed by atoms with Crippen molar-refractivity contribution < 1.29 is 81.5 Å². The Balaban J connectivity index is -0.000000122. The molecule has 37 heavy (non-hydrogen) atoms. The fourth-order valence-electron chi connectivity index (χ4n) is 1.64. The normalized spacial score (nSPS) is 16.9. The van der Waals surface area contributed by atoms with Crippen molar-refractivity contribution in [2.75, 3.05) is 52.9 Å². The molecule has 0 radical (unpaired) electrons. The van der Waals surface area contributed by atoms with Crippen molar-refractivity contribution in [1.82, 2.24) is 0 Å². The summed E-state index contributed by atoms with van der Waals surface area (Å²) < 4.78 is 19.4. The first kappa shape index (κ1) is 47.0. The molecule has 228 valence electrons. The minimum Gasteiger partial charge on any atom is -0.391 e. The van der Waals surface area contributed by atoms with Gasteiger partial charge in [0.1, 0.15) is 0 Å². The van der Waals surface area contributed by atoms with E-state index in [4.69, 9.17) is 59.8 Å². The molecule has 0 saturated heterocycles. The first-order valence-corrected chi connectivity index (χ1v) is 12.3. The summed E-state index contributed by atoms with van der Waals surface area (Å²) in [5, 5.41) is 69.3. The number of rotatable bonds is 16. The largest absolute Gasteiger partial charge is 0.391 e. The quantitative estimate of drug-likeness (QED) is 0.104. The molecule has 12 nitrogen and oxygen atoms in total. The van der Waals surface area contributed by atoms with Crippen LogP contribution in [-0.4, -0.2) is 143 Å². The van der Waals surface area contributed by atoms with Gasteiger partial charge in [0.15, 0.2) is 0 Å². The predicted molar refractivity (Wildman–Crippen MR) is 137 cm³/mol. The third-order valence-corrected chi connectivity index (χ3v) is 2.87. The van der Waals surface area contributed by atoms with Gasteiger partial charge in [-0.05, 0) is 55.4 Å². The van der Waals surface area contributed by atoms with Gasteiger partial charge in [-0.15, -0.1) is 0 Å². The zero-order chi connectivity index (χ0) is 29.1. The molecule has 0 saturated carbocycles. The molecule has 8 N–H and O–H groups in total. The summed E-state index contributed by atoms with van der Waals surface area (Å²) >= 11 is 0. The summed E-state index contributed by atoms with van der Waals surface area (Å²) in [6, 6.07) is 0. The van der Waals surface area contributed by atoms with E-state index in [1.807, 2.05) is 0 Å². The van der Waals surface area contributed by atoms with Gasteiger partial charge in [-0.2, -0.15) is 0 Å². The van der Waals surface area contributed by atoms with Crippen LogP contribution >= 0.6 is 0 Å². The Morgan fingerprint density at radius 2 is 0.378 bits per heavy atom. The molecule has 0 rings (SSSR count). The van der Waals surface area contributed by atoms with Crippen LogP contribution in [-0.2, 0) is 40.7 Å². The van der Waals surface area contributed by atoms with Crippen molar-refractivity contribution in [2.45, 2.75) is 104 Å². The van der Waals surface area contributed by atoms with Crippen LogP contribution in [0.1, 0.15) is 55.4 Å². The van der Waals surface area contributed by atoms with Crippen LogP contribution in [0.15, 0.2) is 0 Å². The second-order valence-corrected chi connectivity index (χ2v) is 8.94. The van der Waals surface area contributed by atoms with Gasteiger partial charge in [-0.3, -0.25) is 0 Å². The summed E-state index contributed by atoms with van der Waals surface area (Å²) in [7, 11) is 0. The van der Waals surface area contributed by atoms with Gasteiger partial charge in [0.2, 0.25) is 0 Å².